The first-order chi connectivity index (χ1) is 16.8. The maximum Gasteiger partial charge on any atom is 0.398 e. The van der Waals surface area contributed by atoms with Crippen LogP contribution in [-0.2, 0) is 18.3 Å². The molecule has 0 aliphatic carbocycles. The van der Waals surface area contributed by atoms with Gasteiger partial charge in [-0.1, -0.05) is 18.2 Å². The molecule has 1 aliphatic rings. The third-order valence-electron chi connectivity index (χ3n) is 6.45. The van der Waals surface area contributed by atoms with E-state index in [1.807, 2.05) is 0 Å². The van der Waals surface area contributed by atoms with E-state index < -0.39 is 59.7 Å². The van der Waals surface area contributed by atoms with E-state index in [2.05, 4.69) is 10.4 Å². The fraction of sp³-hybridized carbons (Fsp3) is 0.435. The predicted molar refractivity (Wildman–Crippen MR) is 119 cm³/mol. The zero-order chi connectivity index (χ0) is 26.4. The zero-order valence-electron chi connectivity index (χ0n) is 19.2. The number of hydrogen-bond donors (Lipinski definition) is 1. The Labute approximate surface area is 200 Å². The fourth-order valence-corrected chi connectivity index (χ4v) is 4.32. The minimum absolute atomic E-state index is 0.0196. The van der Waals surface area contributed by atoms with Crippen molar-refractivity contribution in [2.24, 2.45) is 12.5 Å². The Morgan fingerprint density at radius 1 is 1.19 bits per heavy atom. The molecule has 0 spiro atoms. The molecule has 3 heterocycles. The Hall–Kier alpha value is -3.35. The maximum atomic E-state index is 14.7. The maximum absolute atomic E-state index is 14.7. The third-order valence-corrected chi connectivity index (χ3v) is 6.45. The first-order valence-corrected chi connectivity index (χ1v) is 10.9. The first kappa shape index (κ1) is 25.7. The van der Waals surface area contributed by atoms with E-state index in [4.69, 9.17) is 4.74 Å². The Morgan fingerprint density at radius 3 is 2.50 bits per heavy atom. The van der Waals surface area contributed by atoms with Crippen LogP contribution in [0.2, 0.25) is 0 Å². The van der Waals surface area contributed by atoms with Crippen LogP contribution in [0.5, 0.6) is 0 Å². The molecule has 2 aromatic heterocycles. The number of rotatable bonds is 6. The van der Waals surface area contributed by atoms with Crippen LogP contribution in [0.1, 0.15) is 36.9 Å². The second-order valence-electron chi connectivity index (χ2n) is 8.84. The topological polar surface area (TPSA) is 78.2 Å². The van der Waals surface area contributed by atoms with E-state index in [1.54, 1.807) is 0 Å². The van der Waals surface area contributed by atoms with Crippen LogP contribution >= 0.6 is 0 Å². The van der Waals surface area contributed by atoms with E-state index in [-0.39, 0.29) is 35.2 Å². The second kappa shape index (κ2) is 9.26. The number of nitrogens with zero attached hydrogens (tertiary/aromatic N) is 3. The van der Waals surface area contributed by atoms with E-state index in [1.165, 1.54) is 26.1 Å². The summed E-state index contributed by atoms with van der Waals surface area (Å²) in [6.07, 6.45) is -6.92. The average molecular weight is 516 g/mol. The van der Waals surface area contributed by atoms with Crippen LogP contribution < -0.4 is 16.4 Å². The number of nitrogens with one attached hydrogen (secondary N) is 1. The summed E-state index contributed by atoms with van der Waals surface area (Å²) in [4.78, 5) is 25.3. The second-order valence-corrected chi connectivity index (χ2v) is 8.84. The normalized spacial score (nSPS) is 19.2. The van der Waals surface area contributed by atoms with Gasteiger partial charge in [-0.3, -0.25) is 9.59 Å². The molecule has 36 heavy (non-hydrogen) atoms. The molecule has 1 fully saturated rings. The molecular weight excluding hydrogens is 494 g/mol. The van der Waals surface area contributed by atoms with Crippen molar-refractivity contribution in [1.29, 1.82) is 0 Å². The molecule has 2 atom stereocenters. The van der Waals surface area contributed by atoms with Gasteiger partial charge in [-0.05, 0) is 13.3 Å². The van der Waals surface area contributed by atoms with Gasteiger partial charge in [-0.2, -0.15) is 18.3 Å². The Kier molecular flexibility index (Phi) is 6.62. The highest BCUT2D eigenvalue weighted by Gasteiger charge is 2.57. The van der Waals surface area contributed by atoms with Gasteiger partial charge >= 0.3 is 6.18 Å². The minimum Gasteiger partial charge on any atom is -0.380 e. The molecule has 0 unspecified atom stereocenters. The number of ether oxygens (including phenoxy) is 1. The molecule has 3 aromatic rings. The summed E-state index contributed by atoms with van der Waals surface area (Å²) in [6, 6.07) is 3.52. The van der Waals surface area contributed by atoms with Gasteiger partial charge in [0.05, 0.1) is 23.6 Å². The summed E-state index contributed by atoms with van der Waals surface area (Å²) >= 11 is 0. The Balaban J connectivity index is 1.80. The highest BCUT2D eigenvalue weighted by Crippen LogP contribution is 2.45. The van der Waals surface area contributed by atoms with Gasteiger partial charge in [0.2, 0.25) is 0 Å². The summed E-state index contributed by atoms with van der Waals surface area (Å²) in [7, 11) is 1.30. The van der Waals surface area contributed by atoms with E-state index >= 15 is 0 Å². The number of aromatic nitrogens is 3. The van der Waals surface area contributed by atoms with Crippen molar-refractivity contribution in [3.05, 3.63) is 68.1 Å². The van der Waals surface area contributed by atoms with Gasteiger partial charge in [-0.25, -0.2) is 17.9 Å². The van der Waals surface area contributed by atoms with Crippen LogP contribution in [0.15, 0.2) is 40.1 Å². The third kappa shape index (κ3) is 4.47. The van der Waals surface area contributed by atoms with Gasteiger partial charge in [-0.15, -0.1) is 0 Å². The number of pyridine rings is 1. The molecule has 1 saturated heterocycles. The van der Waals surface area contributed by atoms with Crippen LogP contribution in [-0.4, -0.2) is 33.7 Å². The minimum atomic E-state index is -4.65. The van der Waals surface area contributed by atoms with Gasteiger partial charge in [0.25, 0.3) is 17.5 Å². The predicted octanol–water partition coefficient (Wildman–Crippen LogP) is 4.31. The molecule has 0 radical (unpaired) electrons. The SMILES string of the molecule is C[C@@H](Nc1nn(C)c(=O)c2cc(=O)n(C[C@]3(C(F)(F)F)CCOC3)cc12)c1cccc(C(F)F)c1F. The molecule has 0 bridgehead atoms. The highest BCUT2D eigenvalue weighted by atomic mass is 19.4. The van der Waals surface area contributed by atoms with E-state index in [9.17, 15) is 35.9 Å². The van der Waals surface area contributed by atoms with Crippen LogP contribution in [0.3, 0.4) is 0 Å². The van der Waals surface area contributed by atoms with Crippen molar-refractivity contribution in [2.45, 2.75) is 38.5 Å². The van der Waals surface area contributed by atoms with Gasteiger partial charge in [0.15, 0.2) is 5.82 Å². The van der Waals surface area contributed by atoms with Crippen molar-refractivity contribution < 1.29 is 31.1 Å². The number of alkyl halides is 5. The molecule has 0 saturated carbocycles. The quantitative estimate of drug-likeness (QED) is 0.494. The van der Waals surface area contributed by atoms with Crippen LogP contribution in [0.4, 0.5) is 32.2 Å². The number of hydrogen-bond acceptors (Lipinski definition) is 5. The number of benzene rings is 1. The number of halogens is 6. The number of fused-ring (bicyclic) bond motifs is 1. The molecular formula is C23H22F6N4O3. The van der Waals surface area contributed by atoms with Crippen molar-refractivity contribution >= 4 is 16.6 Å². The summed E-state index contributed by atoms with van der Waals surface area (Å²) in [5.41, 5.74) is -4.67. The smallest absolute Gasteiger partial charge is 0.380 e. The van der Waals surface area contributed by atoms with Crippen molar-refractivity contribution in [3.63, 3.8) is 0 Å². The Morgan fingerprint density at radius 2 is 1.89 bits per heavy atom. The Bertz CT molecular complexity index is 1410. The molecule has 7 nitrogen and oxygen atoms in total. The summed E-state index contributed by atoms with van der Waals surface area (Å²) in [6.45, 7) is 0.00649. The summed E-state index contributed by atoms with van der Waals surface area (Å²) in [5, 5.41) is 6.82. The number of anilines is 1. The van der Waals surface area contributed by atoms with Gasteiger partial charge < -0.3 is 14.6 Å². The molecule has 1 N–H and O–H groups in total. The van der Waals surface area contributed by atoms with E-state index in [0.29, 0.717) is 0 Å². The molecule has 1 aromatic carbocycles. The lowest BCUT2D eigenvalue weighted by atomic mass is 9.86. The lowest BCUT2D eigenvalue weighted by Gasteiger charge is -2.30. The van der Waals surface area contributed by atoms with Gasteiger partial charge in [0.1, 0.15) is 11.2 Å². The standard InChI is InChI=1S/C23H22F6N4O3/c1-12(13-4-3-5-14(18(13)24)19(25)26)30-20-16-9-33(10-22(23(27,28)29)6-7-36-11-22)17(34)8-15(16)21(35)32(2)31-20/h3-5,8-9,12,19H,6-7,10-11H2,1-2H3,(H,30,31)/t12-,22-/m1/s1. The molecule has 13 heteroatoms. The van der Waals surface area contributed by atoms with Crippen molar-refractivity contribution in [2.75, 3.05) is 18.5 Å². The lowest BCUT2D eigenvalue weighted by molar-refractivity contribution is -0.228. The zero-order valence-corrected chi connectivity index (χ0v) is 19.2. The molecule has 0 amide bonds. The number of aryl methyl sites for hydroxylation is 1. The molecule has 4 rings (SSSR count). The van der Waals surface area contributed by atoms with E-state index in [0.717, 1.165) is 27.6 Å². The fourth-order valence-electron chi connectivity index (χ4n) is 4.32. The summed E-state index contributed by atoms with van der Waals surface area (Å²) < 4.78 is 89.3. The van der Waals surface area contributed by atoms with Crippen LogP contribution in [0, 0.1) is 11.2 Å². The van der Waals surface area contributed by atoms with Gasteiger partial charge in [0, 0.05) is 43.4 Å². The largest absolute Gasteiger partial charge is 0.398 e. The average Bonchev–Trinajstić information content (AvgIpc) is 3.28. The lowest BCUT2D eigenvalue weighted by Crippen LogP contribution is -2.44. The molecule has 194 valence electrons. The van der Waals surface area contributed by atoms with Crippen LogP contribution in [0.25, 0.3) is 10.8 Å². The highest BCUT2D eigenvalue weighted by molar-refractivity contribution is 5.90. The van der Waals surface area contributed by atoms with Crippen molar-refractivity contribution in [3.8, 4) is 0 Å². The van der Waals surface area contributed by atoms with Crippen molar-refractivity contribution in [1.82, 2.24) is 14.3 Å². The molecule has 1 aliphatic heterocycles. The first-order valence-electron chi connectivity index (χ1n) is 10.9. The summed E-state index contributed by atoms with van der Waals surface area (Å²) in [5.74, 6) is -1.16. The monoisotopic (exact) mass is 516 g/mol.